The molecule has 1 aliphatic heterocycles. The van der Waals surface area contributed by atoms with Crippen molar-refractivity contribution in [3.63, 3.8) is 0 Å². The number of hydrogen-bond acceptors (Lipinski definition) is 3. The molecule has 2 atom stereocenters. The second kappa shape index (κ2) is 5.80. The van der Waals surface area contributed by atoms with Crippen LogP contribution in [-0.4, -0.2) is 54.0 Å². The van der Waals surface area contributed by atoms with Crippen LogP contribution in [0.25, 0.3) is 0 Å². The summed E-state index contributed by atoms with van der Waals surface area (Å²) in [6, 6.07) is 0.234. The third kappa shape index (κ3) is 3.48. The summed E-state index contributed by atoms with van der Waals surface area (Å²) in [4.78, 5) is 16.8. The molecule has 2 unspecified atom stereocenters. The highest BCUT2D eigenvalue weighted by Gasteiger charge is 2.34. The third-order valence-corrected chi connectivity index (χ3v) is 5.07. The predicted molar refractivity (Wildman–Crippen MR) is 77.8 cm³/mol. The van der Waals surface area contributed by atoms with Gasteiger partial charge >= 0.3 is 0 Å². The first kappa shape index (κ1) is 14.8. The Morgan fingerprint density at radius 1 is 1.26 bits per heavy atom. The van der Waals surface area contributed by atoms with Gasteiger partial charge in [0.25, 0.3) is 0 Å². The standard InChI is InChI=1S/C15H29N3O/c1-15(2)11-18(9-8-17(15)3)14(19)10-12-6-4-5-7-13(12)16/h12-13H,4-11,16H2,1-3H3. The number of carbonyl (C=O) groups is 1. The maximum atomic E-state index is 12.5. The highest BCUT2D eigenvalue weighted by atomic mass is 16.2. The maximum absolute atomic E-state index is 12.5. The molecule has 1 aliphatic carbocycles. The Balaban J connectivity index is 1.89. The van der Waals surface area contributed by atoms with E-state index in [1.54, 1.807) is 0 Å². The second-order valence-corrected chi connectivity index (χ2v) is 6.96. The fourth-order valence-electron chi connectivity index (χ4n) is 3.30. The van der Waals surface area contributed by atoms with Gasteiger partial charge in [0.2, 0.25) is 5.91 Å². The lowest BCUT2D eigenvalue weighted by atomic mass is 9.82. The molecule has 2 fully saturated rings. The summed E-state index contributed by atoms with van der Waals surface area (Å²) in [5.41, 5.74) is 6.24. The van der Waals surface area contributed by atoms with Gasteiger partial charge in [0.15, 0.2) is 0 Å². The molecule has 0 aromatic carbocycles. The molecule has 0 radical (unpaired) electrons. The SMILES string of the molecule is CN1CCN(C(=O)CC2CCCCC2N)CC1(C)C. The van der Waals surface area contributed by atoms with Crippen molar-refractivity contribution in [2.24, 2.45) is 11.7 Å². The minimum absolute atomic E-state index is 0.0859. The topological polar surface area (TPSA) is 49.6 Å². The monoisotopic (exact) mass is 267 g/mol. The first-order valence-electron chi connectivity index (χ1n) is 7.65. The molecule has 2 rings (SSSR count). The van der Waals surface area contributed by atoms with Crippen molar-refractivity contribution in [1.82, 2.24) is 9.80 Å². The average molecular weight is 267 g/mol. The van der Waals surface area contributed by atoms with Crippen LogP contribution < -0.4 is 5.73 Å². The summed E-state index contributed by atoms with van der Waals surface area (Å²) in [7, 11) is 2.14. The molecule has 1 saturated carbocycles. The lowest BCUT2D eigenvalue weighted by molar-refractivity contribution is -0.137. The first-order chi connectivity index (χ1) is 8.90. The number of nitrogens with zero attached hydrogens (tertiary/aromatic N) is 2. The van der Waals surface area contributed by atoms with Crippen molar-refractivity contribution >= 4 is 5.91 Å². The molecule has 0 bridgehead atoms. The van der Waals surface area contributed by atoms with Crippen LogP contribution in [0.4, 0.5) is 0 Å². The summed E-state index contributed by atoms with van der Waals surface area (Å²) in [5.74, 6) is 0.715. The van der Waals surface area contributed by atoms with Crippen molar-refractivity contribution in [3.05, 3.63) is 0 Å². The van der Waals surface area contributed by atoms with Crippen LogP contribution in [0, 0.1) is 5.92 Å². The summed E-state index contributed by atoms with van der Waals surface area (Å²) in [6.07, 6.45) is 5.34. The van der Waals surface area contributed by atoms with Gasteiger partial charge in [0.1, 0.15) is 0 Å². The Hall–Kier alpha value is -0.610. The number of likely N-dealkylation sites (N-methyl/N-ethyl adjacent to an activating group) is 1. The van der Waals surface area contributed by atoms with E-state index in [-0.39, 0.29) is 11.6 Å². The third-order valence-electron chi connectivity index (χ3n) is 5.07. The predicted octanol–water partition coefficient (Wildman–Crippen LogP) is 1.45. The molecule has 0 aromatic rings. The second-order valence-electron chi connectivity index (χ2n) is 6.96. The van der Waals surface area contributed by atoms with E-state index in [1.165, 1.54) is 12.8 Å². The van der Waals surface area contributed by atoms with E-state index >= 15 is 0 Å². The van der Waals surface area contributed by atoms with Gasteiger partial charge in [-0.15, -0.1) is 0 Å². The fourth-order valence-corrected chi connectivity index (χ4v) is 3.30. The first-order valence-corrected chi connectivity index (χ1v) is 7.65. The molecule has 19 heavy (non-hydrogen) atoms. The van der Waals surface area contributed by atoms with E-state index in [0.29, 0.717) is 18.2 Å². The van der Waals surface area contributed by atoms with Gasteiger partial charge < -0.3 is 10.6 Å². The molecule has 0 aromatic heterocycles. The minimum atomic E-state index is 0.0859. The zero-order valence-electron chi connectivity index (χ0n) is 12.7. The number of rotatable bonds is 2. The van der Waals surface area contributed by atoms with E-state index in [2.05, 4.69) is 25.8 Å². The minimum Gasteiger partial charge on any atom is -0.340 e. The summed E-state index contributed by atoms with van der Waals surface area (Å²) in [5, 5.41) is 0. The molecule has 1 saturated heterocycles. The number of nitrogens with two attached hydrogens (primary N) is 1. The van der Waals surface area contributed by atoms with Crippen LogP contribution in [0.1, 0.15) is 46.0 Å². The Bertz CT molecular complexity index is 329. The van der Waals surface area contributed by atoms with E-state index in [9.17, 15) is 4.79 Å². The summed E-state index contributed by atoms with van der Waals surface area (Å²) >= 11 is 0. The normalized spacial score (nSPS) is 32.3. The zero-order chi connectivity index (χ0) is 14.0. The van der Waals surface area contributed by atoms with Gasteiger partial charge in [0, 0.05) is 37.6 Å². The van der Waals surface area contributed by atoms with E-state index in [0.717, 1.165) is 32.5 Å². The van der Waals surface area contributed by atoms with Crippen LogP contribution >= 0.6 is 0 Å². The maximum Gasteiger partial charge on any atom is 0.223 e. The van der Waals surface area contributed by atoms with E-state index in [1.807, 2.05) is 4.90 Å². The molecule has 2 N–H and O–H groups in total. The van der Waals surface area contributed by atoms with E-state index in [4.69, 9.17) is 5.73 Å². The van der Waals surface area contributed by atoms with E-state index < -0.39 is 0 Å². The molecule has 4 nitrogen and oxygen atoms in total. The molecule has 1 heterocycles. The smallest absolute Gasteiger partial charge is 0.223 e. The Morgan fingerprint density at radius 2 is 1.95 bits per heavy atom. The van der Waals surface area contributed by atoms with Crippen LogP contribution in [0.2, 0.25) is 0 Å². The highest BCUT2D eigenvalue weighted by Crippen LogP contribution is 2.27. The fraction of sp³-hybridized carbons (Fsp3) is 0.933. The largest absolute Gasteiger partial charge is 0.340 e. The van der Waals surface area contributed by atoms with Crippen molar-refractivity contribution < 1.29 is 4.79 Å². The van der Waals surface area contributed by atoms with Crippen LogP contribution in [-0.2, 0) is 4.79 Å². The van der Waals surface area contributed by atoms with Gasteiger partial charge in [-0.2, -0.15) is 0 Å². The Labute approximate surface area is 117 Å². The van der Waals surface area contributed by atoms with Crippen LogP contribution in [0.15, 0.2) is 0 Å². The molecular formula is C15H29N3O. The van der Waals surface area contributed by atoms with Gasteiger partial charge in [-0.05, 0) is 39.7 Å². The molecule has 2 aliphatic rings. The average Bonchev–Trinajstić information content (AvgIpc) is 2.35. The Morgan fingerprint density at radius 3 is 2.58 bits per heavy atom. The van der Waals surface area contributed by atoms with Gasteiger partial charge in [-0.25, -0.2) is 0 Å². The lowest BCUT2D eigenvalue weighted by Gasteiger charge is -2.45. The van der Waals surface area contributed by atoms with Crippen LogP contribution in [0.3, 0.4) is 0 Å². The zero-order valence-corrected chi connectivity index (χ0v) is 12.7. The van der Waals surface area contributed by atoms with Crippen molar-refractivity contribution in [2.45, 2.75) is 57.5 Å². The van der Waals surface area contributed by atoms with Gasteiger partial charge in [0.05, 0.1) is 0 Å². The quantitative estimate of drug-likeness (QED) is 0.824. The highest BCUT2D eigenvalue weighted by molar-refractivity contribution is 5.76. The molecule has 1 amide bonds. The number of carbonyl (C=O) groups excluding carboxylic acids is 1. The number of hydrogen-bond donors (Lipinski definition) is 1. The molecule has 4 heteroatoms. The number of amides is 1. The van der Waals surface area contributed by atoms with Gasteiger partial charge in [-0.1, -0.05) is 12.8 Å². The molecule has 0 spiro atoms. The van der Waals surface area contributed by atoms with Crippen molar-refractivity contribution in [1.29, 1.82) is 0 Å². The summed E-state index contributed by atoms with van der Waals surface area (Å²) in [6.45, 7) is 7.08. The van der Waals surface area contributed by atoms with Crippen molar-refractivity contribution in [2.75, 3.05) is 26.7 Å². The molecular weight excluding hydrogens is 238 g/mol. The lowest BCUT2D eigenvalue weighted by Crippen LogP contribution is -2.59. The van der Waals surface area contributed by atoms with Gasteiger partial charge in [-0.3, -0.25) is 9.69 Å². The van der Waals surface area contributed by atoms with Crippen molar-refractivity contribution in [3.8, 4) is 0 Å². The summed E-state index contributed by atoms with van der Waals surface area (Å²) < 4.78 is 0. The Kier molecular flexibility index (Phi) is 4.51. The van der Waals surface area contributed by atoms with Crippen LogP contribution in [0.5, 0.6) is 0 Å². The molecule has 110 valence electrons. The number of piperazine rings is 1.